The molecular weight excluding hydrogens is 582 g/mol. The summed E-state index contributed by atoms with van der Waals surface area (Å²) in [5.41, 5.74) is 0.147. The first-order chi connectivity index (χ1) is 21.7. The lowest BCUT2D eigenvalue weighted by molar-refractivity contribution is -0.184. The molecule has 2 saturated heterocycles. The van der Waals surface area contributed by atoms with E-state index < -0.39 is 12.2 Å². The van der Waals surface area contributed by atoms with Crippen LogP contribution < -0.4 is 16.0 Å². The summed E-state index contributed by atoms with van der Waals surface area (Å²) in [5, 5.41) is 21.6. The second-order valence-corrected chi connectivity index (χ2v) is 18.1. The summed E-state index contributed by atoms with van der Waals surface area (Å²) in [6.07, 6.45) is 6.55. The Hall–Kier alpha value is -1.58. The molecule has 0 radical (unpaired) electrons. The SMILES string of the molecule is CCNC(=O)O[C@H](C(C)C)C1C[C@@H](C)[C@H]2C(O1)[C@H](O)[C@@]1(C)C3CC[C@H]4C(C)(C)C(OC(=O)NC5CNC5)CC[C@@]45C[C@@]35CC[C@]21C. The summed E-state index contributed by atoms with van der Waals surface area (Å²) in [6, 6.07) is 0.179. The Morgan fingerprint density at radius 2 is 1.70 bits per heavy atom. The van der Waals surface area contributed by atoms with Gasteiger partial charge >= 0.3 is 12.2 Å². The van der Waals surface area contributed by atoms with Crippen molar-refractivity contribution in [2.45, 2.75) is 143 Å². The fourth-order valence-corrected chi connectivity index (χ4v) is 13.4. The zero-order valence-corrected chi connectivity index (χ0v) is 29.6. The molecule has 0 aromatic rings. The first-order valence-corrected chi connectivity index (χ1v) is 18.6. The van der Waals surface area contributed by atoms with E-state index in [0.29, 0.717) is 24.3 Å². The van der Waals surface area contributed by atoms with Gasteiger partial charge in [0.15, 0.2) is 0 Å². The molecule has 0 aromatic heterocycles. The van der Waals surface area contributed by atoms with Crippen molar-refractivity contribution in [2.75, 3.05) is 19.6 Å². The molecule has 46 heavy (non-hydrogen) atoms. The van der Waals surface area contributed by atoms with E-state index in [0.717, 1.165) is 51.6 Å². The van der Waals surface area contributed by atoms with Crippen LogP contribution in [-0.4, -0.2) is 73.5 Å². The summed E-state index contributed by atoms with van der Waals surface area (Å²) in [4.78, 5) is 25.3. The number of carbonyl (C=O) groups excluding carboxylic acids is 2. The first-order valence-electron chi connectivity index (χ1n) is 18.6. The van der Waals surface area contributed by atoms with Crippen molar-refractivity contribution in [1.29, 1.82) is 0 Å². The van der Waals surface area contributed by atoms with Crippen molar-refractivity contribution in [3.05, 3.63) is 0 Å². The van der Waals surface area contributed by atoms with Crippen LogP contribution in [0.3, 0.4) is 0 Å². The monoisotopic (exact) mass is 643 g/mol. The molecule has 2 aliphatic heterocycles. The number of fused-ring (bicyclic) bond motifs is 4. The fraction of sp³-hybridized carbons (Fsp3) is 0.946. The van der Waals surface area contributed by atoms with Gasteiger partial charge < -0.3 is 35.3 Å². The van der Waals surface area contributed by atoms with Crippen molar-refractivity contribution in [3.63, 3.8) is 0 Å². The highest BCUT2D eigenvalue weighted by atomic mass is 16.6. The van der Waals surface area contributed by atoms with E-state index in [-0.39, 0.29) is 75.5 Å². The smallest absolute Gasteiger partial charge is 0.407 e. The third-order valence-electron chi connectivity index (χ3n) is 15.7. The lowest BCUT2D eigenvalue weighted by atomic mass is 9.41. The van der Waals surface area contributed by atoms with Gasteiger partial charge in [-0.15, -0.1) is 0 Å². The molecule has 0 bridgehead atoms. The summed E-state index contributed by atoms with van der Waals surface area (Å²) in [6.45, 7) is 20.2. The van der Waals surface area contributed by atoms with Crippen LogP contribution in [0, 0.1) is 56.7 Å². The number of aliphatic hydroxyl groups excluding tert-OH is 1. The van der Waals surface area contributed by atoms with Crippen LogP contribution >= 0.6 is 0 Å². The standard InChI is InChI=1S/C37H61N3O6/c1-9-39-31(42)46-28(20(2)3)23-16-21(4)27-29(44-23)30(41)35(8)25-11-10-24-33(5,6)26(45-32(43)40-22-17-38-18-22)12-13-36(24)19-37(25,36)15-14-34(27,35)7/h20-30,38,41H,9-19H2,1-8H3,(H,39,42)(H,40,43)/t21-,23?,24+,25?,26?,27+,28-,29?,30+,34-,35-,36-,37+/m1/s1. The maximum Gasteiger partial charge on any atom is 0.407 e. The largest absolute Gasteiger partial charge is 0.446 e. The van der Waals surface area contributed by atoms with Gasteiger partial charge in [0.2, 0.25) is 0 Å². The Morgan fingerprint density at radius 1 is 1.00 bits per heavy atom. The molecule has 5 saturated carbocycles. The van der Waals surface area contributed by atoms with Crippen LogP contribution in [0.4, 0.5) is 9.59 Å². The minimum atomic E-state index is -0.557. The summed E-state index contributed by atoms with van der Waals surface area (Å²) >= 11 is 0. The van der Waals surface area contributed by atoms with Crippen LogP contribution in [0.25, 0.3) is 0 Å². The van der Waals surface area contributed by atoms with Crippen molar-refractivity contribution < 1.29 is 28.9 Å². The number of aliphatic hydroxyl groups is 1. The normalized spacial score (nSPS) is 49.2. The van der Waals surface area contributed by atoms with Crippen molar-refractivity contribution >= 4 is 12.2 Å². The van der Waals surface area contributed by atoms with Crippen LogP contribution in [0.5, 0.6) is 0 Å². The van der Waals surface area contributed by atoms with Crippen molar-refractivity contribution in [3.8, 4) is 0 Å². The molecule has 9 heteroatoms. The second-order valence-electron chi connectivity index (χ2n) is 18.1. The van der Waals surface area contributed by atoms with Crippen molar-refractivity contribution in [1.82, 2.24) is 16.0 Å². The van der Waals surface area contributed by atoms with Crippen molar-refractivity contribution in [2.24, 2.45) is 56.7 Å². The molecule has 7 aliphatic rings. The minimum Gasteiger partial charge on any atom is -0.446 e. The fourth-order valence-electron chi connectivity index (χ4n) is 13.4. The van der Waals surface area contributed by atoms with Gasteiger partial charge in [-0.3, -0.25) is 0 Å². The number of amides is 2. The van der Waals surface area contributed by atoms with E-state index in [4.69, 9.17) is 14.2 Å². The molecular formula is C37H61N3O6. The van der Waals surface area contributed by atoms with E-state index in [2.05, 4.69) is 64.4 Å². The zero-order chi connectivity index (χ0) is 33.0. The molecule has 4 N–H and O–H groups in total. The third kappa shape index (κ3) is 4.34. The zero-order valence-electron chi connectivity index (χ0n) is 29.6. The van der Waals surface area contributed by atoms with E-state index in [1.165, 1.54) is 12.8 Å². The minimum absolute atomic E-state index is 0.0218. The van der Waals surface area contributed by atoms with Crippen LogP contribution in [0.15, 0.2) is 0 Å². The highest BCUT2D eigenvalue weighted by Gasteiger charge is 2.84. The van der Waals surface area contributed by atoms with Crippen LogP contribution in [0.2, 0.25) is 0 Å². The van der Waals surface area contributed by atoms with Gasteiger partial charge in [-0.2, -0.15) is 0 Å². The average Bonchev–Trinajstić information content (AvgIpc) is 3.60. The van der Waals surface area contributed by atoms with Gasteiger partial charge in [-0.1, -0.05) is 48.5 Å². The quantitative estimate of drug-likeness (QED) is 0.296. The topological polar surface area (TPSA) is 118 Å². The number of ether oxygens (including phenoxy) is 3. The molecule has 2 spiro atoms. The maximum atomic E-state index is 12.8. The van der Waals surface area contributed by atoms with Gasteiger partial charge in [-0.05, 0) is 104 Å². The Balaban J connectivity index is 1.12. The van der Waals surface area contributed by atoms with Gasteiger partial charge in [0, 0.05) is 30.5 Å². The Bertz CT molecular complexity index is 1220. The molecule has 4 unspecified atom stereocenters. The Labute approximate surface area is 276 Å². The van der Waals surface area contributed by atoms with Gasteiger partial charge in [-0.25, -0.2) is 9.59 Å². The average molecular weight is 644 g/mol. The number of carbonyl (C=O) groups is 2. The molecule has 2 amide bonds. The number of hydrogen-bond donors (Lipinski definition) is 4. The molecule has 7 rings (SSSR count). The van der Waals surface area contributed by atoms with Gasteiger partial charge in [0.05, 0.1) is 24.4 Å². The lowest BCUT2D eigenvalue weighted by Crippen LogP contribution is -2.60. The second kappa shape index (κ2) is 11.0. The predicted octanol–water partition coefficient (Wildman–Crippen LogP) is 5.64. The van der Waals surface area contributed by atoms with Crippen LogP contribution in [-0.2, 0) is 14.2 Å². The van der Waals surface area contributed by atoms with E-state index in [1.54, 1.807) is 0 Å². The molecule has 0 aromatic carbocycles. The predicted molar refractivity (Wildman–Crippen MR) is 175 cm³/mol. The first kappa shape index (κ1) is 32.9. The molecule has 9 nitrogen and oxygen atoms in total. The number of nitrogens with one attached hydrogen (secondary N) is 3. The Kier molecular flexibility index (Phi) is 7.85. The Morgan fingerprint density at radius 3 is 2.35 bits per heavy atom. The highest BCUT2D eigenvalue weighted by Crippen LogP contribution is 2.89. The maximum absolute atomic E-state index is 12.8. The van der Waals surface area contributed by atoms with Gasteiger partial charge in [0.25, 0.3) is 0 Å². The highest BCUT2D eigenvalue weighted by molar-refractivity contribution is 5.68. The van der Waals surface area contributed by atoms with Gasteiger partial charge in [0.1, 0.15) is 12.2 Å². The summed E-state index contributed by atoms with van der Waals surface area (Å²) in [7, 11) is 0. The molecule has 2 heterocycles. The third-order valence-corrected chi connectivity index (χ3v) is 15.7. The molecule has 13 atom stereocenters. The molecule has 260 valence electrons. The van der Waals surface area contributed by atoms with E-state index >= 15 is 0 Å². The number of alkyl carbamates (subject to hydrolysis) is 2. The summed E-state index contributed by atoms with van der Waals surface area (Å²) < 4.78 is 19.1. The van der Waals surface area contributed by atoms with Crippen LogP contribution in [0.1, 0.15) is 107 Å². The van der Waals surface area contributed by atoms with E-state index in [9.17, 15) is 14.7 Å². The lowest BCUT2D eigenvalue weighted by Gasteiger charge is -2.63. The number of rotatable bonds is 6. The summed E-state index contributed by atoms with van der Waals surface area (Å²) in [5.74, 6) is 1.70. The van der Waals surface area contributed by atoms with E-state index in [1.807, 2.05) is 6.92 Å². The molecule has 7 fully saturated rings. The molecule has 5 aliphatic carbocycles. The number of hydrogen-bond acceptors (Lipinski definition) is 7.